The number of phenols is 1. The molecule has 1 aliphatic rings. The van der Waals surface area contributed by atoms with Gasteiger partial charge in [0.2, 0.25) is 0 Å². The fraction of sp³-hybridized carbons (Fsp3) is 0.649. The van der Waals surface area contributed by atoms with Crippen LogP contribution in [-0.4, -0.2) is 62.2 Å². The number of benzene rings is 1. The van der Waals surface area contributed by atoms with Crippen LogP contribution in [0.1, 0.15) is 127 Å². The van der Waals surface area contributed by atoms with Crippen molar-refractivity contribution in [1.82, 2.24) is 15.0 Å². The lowest BCUT2D eigenvalue weighted by atomic mass is 9.73. The van der Waals surface area contributed by atoms with Gasteiger partial charge >= 0.3 is 5.97 Å². The van der Waals surface area contributed by atoms with Crippen molar-refractivity contribution in [2.75, 3.05) is 19.8 Å². The van der Waals surface area contributed by atoms with Crippen molar-refractivity contribution in [1.29, 1.82) is 0 Å². The Kier molecular flexibility index (Phi) is 13.5. The van der Waals surface area contributed by atoms with Crippen molar-refractivity contribution in [2.24, 2.45) is 5.92 Å². The van der Waals surface area contributed by atoms with E-state index in [2.05, 4.69) is 50.7 Å². The predicted molar refractivity (Wildman–Crippen MR) is 182 cm³/mol. The molecule has 0 amide bonds. The Labute approximate surface area is 276 Å². The SMILES string of the molecule is C=C(C)C1CCC(C)=CC1c1c(OCCOC(C)(C)CCOC(C)(C)Cc2cn(CC)nn2)cc(CCCCC)c(C(=O)O)c1O. The fourth-order valence-electron chi connectivity index (χ4n) is 6.24. The minimum Gasteiger partial charge on any atom is -0.507 e. The van der Waals surface area contributed by atoms with Crippen LogP contribution >= 0.6 is 0 Å². The highest BCUT2D eigenvalue weighted by Crippen LogP contribution is 2.48. The summed E-state index contributed by atoms with van der Waals surface area (Å²) in [6.45, 7) is 22.5. The zero-order valence-electron chi connectivity index (χ0n) is 29.4. The van der Waals surface area contributed by atoms with Gasteiger partial charge in [0.25, 0.3) is 0 Å². The molecule has 2 N–H and O–H groups in total. The highest BCUT2D eigenvalue weighted by Gasteiger charge is 2.34. The summed E-state index contributed by atoms with van der Waals surface area (Å²) in [7, 11) is 0. The summed E-state index contributed by atoms with van der Waals surface area (Å²) in [4.78, 5) is 12.5. The van der Waals surface area contributed by atoms with Crippen molar-refractivity contribution in [2.45, 2.75) is 130 Å². The average molecular weight is 640 g/mol. The van der Waals surface area contributed by atoms with Gasteiger partial charge < -0.3 is 24.4 Å². The summed E-state index contributed by atoms with van der Waals surface area (Å²) < 4.78 is 20.7. The van der Waals surface area contributed by atoms with E-state index in [0.717, 1.165) is 49.9 Å². The average Bonchev–Trinajstić information content (AvgIpc) is 3.41. The van der Waals surface area contributed by atoms with Gasteiger partial charge in [0.1, 0.15) is 23.7 Å². The molecule has 256 valence electrons. The third-order valence-electron chi connectivity index (χ3n) is 8.91. The molecule has 1 aliphatic carbocycles. The summed E-state index contributed by atoms with van der Waals surface area (Å²) in [5, 5.41) is 30.1. The van der Waals surface area contributed by atoms with Crippen LogP contribution in [0, 0.1) is 5.92 Å². The van der Waals surface area contributed by atoms with E-state index in [0.29, 0.717) is 49.4 Å². The molecule has 0 aliphatic heterocycles. The van der Waals surface area contributed by atoms with Gasteiger partial charge in [-0.15, -0.1) is 5.10 Å². The second-order valence-electron chi connectivity index (χ2n) is 14.0. The first-order valence-electron chi connectivity index (χ1n) is 16.9. The molecule has 0 radical (unpaired) electrons. The lowest BCUT2D eigenvalue weighted by Crippen LogP contribution is -2.33. The van der Waals surface area contributed by atoms with Gasteiger partial charge in [0, 0.05) is 30.6 Å². The summed E-state index contributed by atoms with van der Waals surface area (Å²) in [6.07, 6.45) is 10.7. The first-order chi connectivity index (χ1) is 21.7. The standard InChI is InChI=1S/C37H57N3O6/c1-10-12-13-14-27-22-31(33(34(41)32(27)35(42)43)30-21-26(5)15-16-29(30)25(3)4)44-19-20-46-36(6,7)17-18-45-37(8,9)23-28-24-40(11-2)39-38-28/h21-22,24,29-30,41H,3,10-20,23H2,1-2,4-9H3,(H,42,43). The number of unbranched alkanes of at least 4 members (excludes halogenated alkanes) is 2. The van der Waals surface area contributed by atoms with Crippen LogP contribution in [0.2, 0.25) is 0 Å². The Morgan fingerprint density at radius 2 is 1.83 bits per heavy atom. The third-order valence-corrected chi connectivity index (χ3v) is 8.91. The maximum atomic E-state index is 12.5. The largest absolute Gasteiger partial charge is 0.507 e. The molecule has 0 bridgehead atoms. The summed E-state index contributed by atoms with van der Waals surface area (Å²) >= 11 is 0. The van der Waals surface area contributed by atoms with Gasteiger partial charge in [0.05, 0.1) is 30.1 Å². The first-order valence-corrected chi connectivity index (χ1v) is 16.9. The van der Waals surface area contributed by atoms with Crippen LogP contribution in [0.25, 0.3) is 0 Å². The first kappa shape index (κ1) is 37.3. The number of allylic oxidation sites excluding steroid dienone is 3. The minimum atomic E-state index is -1.12. The van der Waals surface area contributed by atoms with Crippen molar-refractivity contribution < 1.29 is 29.2 Å². The van der Waals surface area contributed by atoms with E-state index in [1.54, 1.807) is 0 Å². The number of rotatable bonds is 19. The summed E-state index contributed by atoms with van der Waals surface area (Å²) in [6, 6.07) is 1.83. The third kappa shape index (κ3) is 10.4. The molecule has 3 rings (SSSR count). The van der Waals surface area contributed by atoms with Crippen molar-refractivity contribution >= 4 is 5.97 Å². The minimum absolute atomic E-state index is 0.0224. The van der Waals surface area contributed by atoms with E-state index < -0.39 is 17.2 Å². The second-order valence-corrected chi connectivity index (χ2v) is 14.0. The summed E-state index contributed by atoms with van der Waals surface area (Å²) in [5.41, 5.74) is 3.37. The molecule has 1 aromatic heterocycles. The number of ether oxygens (including phenoxy) is 3. The molecular weight excluding hydrogens is 582 g/mol. The predicted octanol–water partition coefficient (Wildman–Crippen LogP) is 8.05. The molecule has 0 spiro atoms. The number of carboxylic acids is 1. The number of nitrogens with zero attached hydrogens (tertiary/aromatic N) is 3. The van der Waals surface area contributed by atoms with Gasteiger partial charge in [-0.1, -0.05) is 48.8 Å². The second kappa shape index (κ2) is 16.6. The number of carbonyl (C=O) groups is 1. The molecule has 1 aromatic carbocycles. The highest BCUT2D eigenvalue weighted by atomic mass is 16.5. The van der Waals surface area contributed by atoms with Crippen molar-refractivity contribution in [3.63, 3.8) is 0 Å². The van der Waals surface area contributed by atoms with E-state index in [1.807, 2.05) is 44.6 Å². The molecule has 2 unspecified atom stereocenters. The number of aromatic nitrogens is 3. The molecule has 0 fully saturated rings. The maximum Gasteiger partial charge on any atom is 0.339 e. The molecule has 9 heteroatoms. The molecule has 0 saturated heterocycles. The van der Waals surface area contributed by atoms with Crippen molar-refractivity contribution in [3.8, 4) is 11.5 Å². The smallest absolute Gasteiger partial charge is 0.339 e. The highest BCUT2D eigenvalue weighted by molar-refractivity contribution is 5.94. The molecule has 2 atom stereocenters. The van der Waals surface area contributed by atoms with Crippen LogP contribution < -0.4 is 4.74 Å². The van der Waals surface area contributed by atoms with Gasteiger partial charge in [-0.05, 0) is 98.1 Å². The normalized spacial score (nSPS) is 17.2. The lowest BCUT2D eigenvalue weighted by Gasteiger charge is -2.33. The van der Waals surface area contributed by atoms with Crippen LogP contribution in [-0.2, 0) is 28.9 Å². The van der Waals surface area contributed by atoms with E-state index in [9.17, 15) is 15.0 Å². The van der Waals surface area contributed by atoms with Gasteiger partial charge in [-0.2, -0.15) is 0 Å². The van der Waals surface area contributed by atoms with Crippen LogP contribution in [0.3, 0.4) is 0 Å². The van der Waals surface area contributed by atoms with Gasteiger partial charge in [-0.3, -0.25) is 4.68 Å². The van der Waals surface area contributed by atoms with Crippen molar-refractivity contribution in [3.05, 3.63) is 58.4 Å². The molecule has 2 aromatic rings. The van der Waals surface area contributed by atoms with Gasteiger partial charge in [0.15, 0.2) is 0 Å². The number of hydrogen-bond acceptors (Lipinski definition) is 7. The Hall–Kier alpha value is -3.17. The Bertz CT molecular complexity index is 1360. The maximum absolute atomic E-state index is 12.5. The monoisotopic (exact) mass is 639 g/mol. The molecule has 9 nitrogen and oxygen atoms in total. The Balaban J connectivity index is 1.73. The van der Waals surface area contributed by atoms with E-state index in [1.165, 1.54) is 5.57 Å². The van der Waals surface area contributed by atoms with E-state index >= 15 is 0 Å². The zero-order chi connectivity index (χ0) is 34.1. The number of carboxylic acid groups (broad SMARTS) is 1. The summed E-state index contributed by atoms with van der Waals surface area (Å²) in [5.74, 6) is -0.960. The Morgan fingerprint density at radius 3 is 2.46 bits per heavy atom. The van der Waals surface area contributed by atoms with E-state index in [4.69, 9.17) is 14.2 Å². The van der Waals surface area contributed by atoms with E-state index in [-0.39, 0.29) is 29.8 Å². The lowest BCUT2D eigenvalue weighted by molar-refractivity contribution is -0.0765. The molecular formula is C37H57N3O6. The van der Waals surface area contributed by atoms with Crippen LogP contribution in [0.15, 0.2) is 36.1 Å². The molecule has 1 heterocycles. The number of aromatic carboxylic acids is 1. The fourth-order valence-corrected chi connectivity index (χ4v) is 6.24. The molecule has 0 saturated carbocycles. The van der Waals surface area contributed by atoms with Gasteiger partial charge in [-0.25, -0.2) is 4.79 Å². The quantitative estimate of drug-likeness (QED) is 0.117. The molecule has 46 heavy (non-hydrogen) atoms. The topological polar surface area (TPSA) is 116 Å². The zero-order valence-corrected chi connectivity index (χ0v) is 29.4. The number of aryl methyl sites for hydroxylation is 2. The van der Waals surface area contributed by atoms with Crippen LogP contribution in [0.5, 0.6) is 11.5 Å². The number of aromatic hydroxyl groups is 1. The Morgan fingerprint density at radius 1 is 1.11 bits per heavy atom. The van der Waals surface area contributed by atoms with Crippen LogP contribution in [0.4, 0.5) is 0 Å². The number of hydrogen-bond donors (Lipinski definition) is 2.